The molecule has 0 radical (unpaired) electrons. The predicted octanol–water partition coefficient (Wildman–Crippen LogP) is 2.88. The number of rotatable bonds is 2. The zero-order chi connectivity index (χ0) is 11.0. The van der Waals surface area contributed by atoms with Crippen molar-refractivity contribution >= 4 is 23.1 Å². The van der Waals surface area contributed by atoms with Crippen LogP contribution in [0.15, 0.2) is 42.0 Å². The van der Waals surface area contributed by atoms with Crippen molar-refractivity contribution in [1.82, 2.24) is 9.38 Å². The van der Waals surface area contributed by atoms with Gasteiger partial charge in [-0.05, 0) is 23.6 Å². The van der Waals surface area contributed by atoms with Gasteiger partial charge in [-0.3, -0.25) is 9.78 Å². The van der Waals surface area contributed by atoms with Crippen LogP contribution in [0.1, 0.15) is 10.5 Å². The molecule has 0 aliphatic carbocycles. The third-order valence-corrected chi connectivity index (χ3v) is 3.36. The van der Waals surface area contributed by atoms with Gasteiger partial charge in [0.15, 0.2) is 6.29 Å². The quantitative estimate of drug-likeness (QED) is 0.632. The van der Waals surface area contributed by atoms with Gasteiger partial charge in [0.05, 0.1) is 16.1 Å². The Bertz CT molecular complexity index is 640. The van der Waals surface area contributed by atoms with Crippen molar-refractivity contribution in [3.63, 3.8) is 0 Å². The third kappa shape index (κ3) is 1.27. The van der Waals surface area contributed by atoms with E-state index in [1.807, 2.05) is 28.0 Å². The Labute approximate surface area is 96.0 Å². The molecular weight excluding hydrogens is 220 g/mol. The average molecular weight is 228 g/mol. The van der Waals surface area contributed by atoms with Crippen LogP contribution in [0.5, 0.6) is 0 Å². The normalized spacial score (nSPS) is 10.8. The largest absolute Gasteiger partial charge is 0.310 e. The van der Waals surface area contributed by atoms with Crippen LogP contribution < -0.4 is 0 Å². The van der Waals surface area contributed by atoms with Gasteiger partial charge < -0.3 is 4.40 Å². The summed E-state index contributed by atoms with van der Waals surface area (Å²) in [4.78, 5) is 16.3. The second kappa shape index (κ2) is 3.57. The van der Waals surface area contributed by atoms with Gasteiger partial charge in [0.25, 0.3) is 0 Å². The van der Waals surface area contributed by atoms with Crippen molar-refractivity contribution in [3.8, 4) is 10.6 Å². The topological polar surface area (TPSA) is 34.4 Å². The number of fused-ring (bicyclic) bond motifs is 1. The summed E-state index contributed by atoms with van der Waals surface area (Å²) in [6.07, 6.45) is 4.37. The Hall–Kier alpha value is -1.94. The summed E-state index contributed by atoms with van der Waals surface area (Å²) < 4.78 is 1.86. The molecule has 0 unspecified atom stereocenters. The van der Waals surface area contributed by atoms with E-state index in [0.29, 0.717) is 5.69 Å². The number of aromatic nitrogens is 2. The molecule has 0 saturated carbocycles. The van der Waals surface area contributed by atoms with Gasteiger partial charge in [-0.1, -0.05) is 6.07 Å². The zero-order valence-corrected chi connectivity index (χ0v) is 9.15. The summed E-state index contributed by atoms with van der Waals surface area (Å²) in [5.41, 5.74) is 2.54. The van der Waals surface area contributed by atoms with Gasteiger partial charge in [0.1, 0.15) is 5.69 Å². The summed E-state index contributed by atoms with van der Waals surface area (Å²) in [5.74, 6) is 0. The molecule has 3 heterocycles. The van der Waals surface area contributed by atoms with E-state index >= 15 is 0 Å². The van der Waals surface area contributed by atoms with E-state index < -0.39 is 0 Å². The minimum Gasteiger partial charge on any atom is -0.310 e. The van der Waals surface area contributed by atoms with E-state index in [1.165, 1.54) is 0 Å². The van der Waals surface area contributed by atoms with Gasteiger partial charge >= 0.3 is 0 Å². The third-order valence-electron chi connectivity index (χ3n) is 2.49. The van der Waals surface area contributed by atoms with Gasteiger partial charge in [-0.15, -0.1) is 11.3 Å². The monoisotopic (exact) mass is 228 g/mol. The van der Waals surface area contributed by atoms with Gasteiger partial charge in [0, 0.05) is 12.4 Å². The first-order valence-electron chi connectivity index (χ1n) is 4.85. The number of aldehydes is 1. The molecule has 0 aliphatic rings. The Morgan fingerprint density at radius 2 is 2.25 bits per heavy atom. The van der Waals surface area contributed by atoms with Crippen LogP contribution in [0.2, 0.25) is 0 Å². The van der Waals surface area contributed by atoms with Crippen LogP contribution in [-0.4, -0.2) is 15.7 Å². The van der Waals surface area contributed by atoms with Crippen LogP contribution >= 0.6 is 11.3 Å². The SMILES string of the molecule is O=Cc1ccc2c(-c3cccs3)nccn12. The molecule has 0 amide bonds. The fourth-order valence-corrected chi connectivity index (χ4v) is 2.49. The Morgan fingerprint density at radius 1 is 1.31 bits per heavy atom. The summed E-state index contributed by atoms with van der Waals surface area (Å²) in [5, 5.41) is 2.02. The van der Waals surface area contributed by atoms with Crippen LogP contribution in [0.25, 0.3) is 16.1 Å². The van der Waals surface area contributed by atoms with E-state index in [-0.39, 0.29) is 0 Å². The highest BCUT2D eigenvalue weighted by atomic mass is 32.1. The Balaban J connectivity index is 2.34. The molecule has 0 aromatic carbocycles. The van der Waals surface area contributed by atoms with Crippen LogP contribution in [0, 0.1) is 0 Å². The molecular formula is C12H8N2OS. The van der Waals surface area contributed by atoms with Crippen molar-refractivity contribution < 1.29 is 4.79 Å². The minimum atomic E-state index is 0.648. The fourth-order valence-electron chi connectivity index (χ4n) is 1.76. The van der Waals surface area contributed by atoms with Crippen LogP contribution in [-0.2, 0) is 0 Å². The van der Waals surface area contributed by atoms with Crippen LogP contribution in [0.4, 0.5) is 0 Å². The lowest BCUT2D eigenvalue weighted by molar-refractivity contribution is 0.111. The number of carbonyl (C=O) groups is 1. The molecule has 3 rings (SSSR count). The number of carbonyl (C=O) groups excluding carboxylic acids is 1. The molecule has 3 nitrogen and oxygen atoms in total. The first kappa shape index (κ1) is 9.30. The summed E-state index contributed by atoms with van der Waals surface area (Å²) in [6.45, 7) is 0. The molecule has 3 aromatic rings. The van der Waals surface area contributed by atoms with E-state index in [9.17, 15) is 4.79 Å². The minimum absolute atomic E-state index is 0.648. The number of nitrogens with zero attached hydrogens (tertiary/aromatic N) is 2. The summed E-state index contributed by atoms with van der Waals surface area (Å²) in [6, 6.07) is 7.75. The number of hydrogen-bond donors (Lipinski definition) is 0. The predicted molar refractivity (Wildman–Crippen MR) is 63.9 cm³/mol. The van der Waals surface area contributed by atoms with E-state index in [0.717, 1.165) is 22.4 Å². The molecule has 4 heteroatoms. The first-order chi connectivity index (χ1) is 7.90. The average Bonchev–Trinajstić information content (AvgIpc) is 2.97. The fraction of sp³-hybridized carbons (Fsp3) is 0. The van der Waals surface area contributed by atoms with Crippen LogP contribution in [0.3, 0.4) is 0 Å². The Kier molecular flexibility index (Phi) is 2.08. The molecule has 0 bridgehead atoms. The highest BCUT2D eigenvalue weighted by Crippen LogP contribution is 2.27. The second-order valence-electron chi connectivity index (χ2n) is 3.38. The van der Waals surface area contributed by atoms with Crippen molar-refractivity contribution in [2.24, 2.45) is 0 Å². The number of hydrogen-bond acceptors (Lipinski definition) is 3. The molecule has 0 aliphatic heterocycles. The highest BCUT2D eigenvalue weighted by Gasteiger charge is 2.08. The highest BCUT2D eigenvalue weighted by molar-refractivity contribution is 7.13. The smallest absolute Gasteiger partial charge is 0.166 e. The summed E-state index contributed by atoms with van der Waals surface area (Å²) >= 11 is 1.64. The standard InChI is InChI=1S/C12H8N2OS/c15-8-9-3-4-10-12(11-2-1-7-16-11)13-5-6-14(9)10/h1-8H. The molecule has 16 heavy (non-hydrogen) atoms. The van der Waals surface area contributed by atoms with Gasteiger partial charge in [0.2, 0.25) is 0 Å². The molecule has 0 N–H and O–H groups in total. The lowest BCUT2D eigenvalue weighted by atomic mass is 10.3. The summed E-state index contributed by atoms with van der Waals surface area (Å²) in [7, 11) is 0. The maximum Gasteiger partial charge on any atom is 0.166 e. The maximum absolute atomic E-state index is 10.8. The molecule has 78 valence electrons. The van der Waals surface area contributed by atoms with Crippen molar-refractivity contribution in [2.75, 3.05) is 0 Å². The van der Waals surface area contributed by atoms with Gasteiger partial charge in [-0.2, -0.15) is 0 Å². The molecule has 0 fully saturated rings. The molecule has 3 aromatic heterocycles. The lowest BCUT2D eigenvalue weighted by Gasteiger charge is -2.01. The van der Waals surface area contributed by atoms with E-state index in [4.69, 9.17) is 0 Å². The van der Waals surface area contributed by atoms with Crippen molar-refractivity contribution in [2.45, 2.75) is 0 Å². The maximum atomic E-state index is 10.8. The number of thiophene rings is 1. The van der Waals surface area contributed by atoms with Crippen molar-refractivity contribution in [3.05, 3.63) is 47.7 Å². The lowest BCUT2D eigenvalue weighted by Crippen LogP contribution is -1.93. The zero-order valence-electron chi connectivity index (χ0n) is 8.33. The molecule has 0 saturated heterocycles. The second-order valence-corrected chi connectivity index (χ2v) is 4.33. The molecule has 0 atom stereocenters. The van der Waals surface area contributed by atoms with Crippen molar-refractivity contribution in [1.29, 1.82) is 0 Å². The van der Waals surface area contributed by atoms with Gasteiger partial charge in [-0.25, -0.2) is 0 Å². The Morgan fingerprint density at radius 3 is 3.00 bits per heavy atom. The first-order valence-corrected chi connectivity index (χ1v) is 5.73. The van der Waals surface area contributed by atoms with E-state index in [2.05, 4.69) is 4.98 Å². The molecule has 0 spiro atoms. The van der Waals surface area contributed by atoms with E-state index in [1.54, 1.807) is 29.8 Å².